The third-order valence-corrected chi connectivity index (χ3v) is 3.33. The summed E-state index contributed by atoms with van der Waals surface area (Å²) in [4.78, 5) is 14.0. The first kappa shape index (κ1) is 15.8. The molecular formula is C16H23NO4. The molecule has 5 heteroatoms. The SMILES string of the molecule is Cc1ccc(OCC(=O)OC(C)CN2CCOCC2)cc1. The number of rotatable bonds is 6. The van der Waals surface area contributed by atoms with Gasteiger partial charge in [0.05, 0.1) is 13.2 Å². The van der Waals surface area contributed by atoms with E-state index in [2.05, 4.69) is 4.90 Å². The van der Waals surface area contributed by atoms with Crippen LogP contribution in [0.5, 0.6) is 5.75 Å². The van der Waals surface area contributed by atoms with Gasteiger partial charge >= 0.3 is 5.97 Å². The van der Waals surface area contributed by atoms with E-state index in [1.54, 1.807) is 0 Å². The Morgan fingerprint density at radius 2 is 1.95 bits per heavy atom. The third kappa shape index (κ3) is 5.73. The lowest BCUT2D eigenvalue weighted by molar-refractivity contribution is -0.151. The van der Waals surface area contributed by atoms with Gasteiger partial charge in [-0.3, -0.25) is 4.90 Å². The zero-order valence-corrected chi connectivity index (χ0v) is 12.7. The number of hydrogen-bond acceptors (Lipinski definition) is 5. The van der Waals surface area contributed by atoms with Crippen molar-refractivity contribution in [3.63, 3.8) is 0 Å². The Balaban J connectivity index is 1.67. The lowest BCUT2D eigenvalue weighted by Crippen LogP contribution is -2.41. The molecule has 1 aliphatic heterocycles. The molecule has 1 unspecified atom stereocenters. The quantitative estimate of drug-likeness (QED) is 0.746. The highest BCUT2D eigenvalue weighted by Gasteiger charge is 2.16. The highest BCUT2D eigenvalue weighted by molar-refractivity contribution is 5.71. The van der Waals surface area contributed by atoms with Crippen molar-refractivity contribution in [2.75, 3.05) is 39.5 Å². The molecule has 0 bridgehead atoms. The van der Waals surface area contributed by atoms with Gasteiger partial charge in [0.2, 0.25) is 0 Å². The summed E-state index contributed by atoms with van der Waals surface area (Å²) in [5.74, 6) is 0.342. The van der Waals surface area contributed by atoms with Crippen LogP contribution in [0.25, 0.3) is 0 Å². The molecule has 1 fully saturated rings. The van der Waals surface area contributed by atoms with Crippen molar-refractivity contribution in [3.05, 3.63) is 29.8 Å². The first-order chi connectivity index (χ1) is 10.1. The van der Waals surface area contributed by atoms with E-state index < -0.39 is 0 Å². The normalized spacial score (nSPS) is 17.2. The standard InChI is InChI=1S/C16H23NO4/c1-13-3-5-15(6-4-13)20-12-16(18)21-14(2)11-17-7-9-19-10-8-17/h3-6,14H,7-12H2,1-2H3. The Kier molecular flexibility index (Phi) is 6.02. The minimum atomic E-state index is -0.337. The average Bonchev–Trinajstić information content (AvgIpc) is 2.47. The molecule has 1 aliphatic rings. The second-order valence-electron chi connectivity index (χ2n) is 5.32. The van der Waals surface area contributed by atoms with Crippen LogP contribution in [0.1, 0.15) is 12.5 Å². The van der Waals surface area contributed by atoms with Gasteiger partial charge in [-0.05, 0) is 26.0 Å². The summed E-state index contributed by atoms with van der Waals surface area (Å²) in [6, 6.07) is 7.59. The van der Waals surface area contributed by atoms with Crippen LogP contribution in [-0.4, -0.2) is 56.4 Å². The summed E-state index contributed by atoms with van der Waals surface area (Å²) in [7, 11) is 0. The molecule has 5 nitrogen and oxygen atoms in total. The average molecular weight is 293 g/mol. The van der Waals surface area contributed by atoms with Crippen molar-refractivity contribution < 1.29 is 19.0 Å². The molecule has 0 aromatic heterocycles. The topological polar surface area (TPSA) is 48.0 Å². The minimum Gasteiger partial charge on any atom is -0.482 e. The fourth-order valence-electron chi connectivity index (χ4n) is 2.22. The summed E-state index contributed by atoms with van der Waals surface area (Å²) in [5, 5.41) is 0. The van der Waals surface area contributed by atoms with E-state index in [0.29, 0.717) is 5.75 Å². The molecular weight excluding hydrogens is 270 g/mol. The maximum atomic E-state index is 11.7. The van der Waals surface area contributed by atoms with E-state index in [9.17, 15) is 4.79 Å². The first-order valence-corrected chi connectivity index (χ1v) is 7.32. The molecule has 0 aliphatic carbocycles. The Bertz CT molecular complexity index is 440. The molecule has 1 aromatic carbocycles. The van der Waals surface area contributed by atoms with Gasteiger partial charge in [0.15, 0.2) is 6.61 Å². The van der Waals surface area contributed by atoms with E-state index in [-0.39, 0.29) is 18.7 Å². The number of aryl methyl sites for hydroxylation is 1. The summed E-state index contributed by atoms with van der Waals surface area (Å²) in [6.45, 7) is 7.86. The monoisotopic (exact) mass is 293 g/mol. The Hall–Kier alpha value is -1.59. The second kappa shape index (κ2) is 8.00. The van der Waals surface area contributed by atoms with E-state index in [4.69, 9.17) is 14.2 Å². The lowest BCUT2D eigenvalue weighted by atomic mass is 10.2. The van der Waals surface area contributed by atoms with E-state index in [1.165, 1.54) is 0 Å². The predicted octanol–water partition coefficient (Wildman–Crippen LogP) is 1.64. The Morgan fingerprint density at radius 3 is 2.62 bits per heavy atom. The van der Waals surface area contributed by atoms with Crippen LogP contribution in [0.2, 0.25) is 0 Å². The number of nitrogens with zero attached hydrogens (tertiary/aromatic N) is 1. The molecule has 0 spiro atoms. The maximum absolute atomic E-state index is 11.7. The first-order valence-electron chi connectivity index (χ1n) is 7.32. The largest absolute Gasteiger partial charge is 0.482 e. The summed E-state index contributed by atoms with van der Waals surface area (Å²) < 4.78 is 16.0. The molecule has 21 heavy (non-hydrogen) atoms. The van der Waals surface area contributed by atoms with Gasteiger partial charge in [0, 0.05) is 19.6 Å². The van der Waals surface area contributed by atoms with Gasteiger partial charge < -0.3 is 14.2 Å². The number of carbonyl (C=O) groups excluding carboxylic acids is 1. The predicted molar refractivity (Wildman–Crippen MR) is 79.5 cm³/mol. The fraction of sp³-hybridized carbons (Fsp3) is 0.562. The summed E-state index contributed by atoms with van der Waals surface area (Å²) in [5.41, 5.74) is 1.16. The molecule has 1 aromatic rings. The lowest BCUT2D eigenvalue weighted by Gasteiger charge is -2.28. The molecule has 1 heterocycles. The molecule has 116 valence electrons. The van der Waals surface area contributed by atoms with Gasteiger partial charge in [0.25, 0.3) is 0 Å². The number of esters is 1. The number of morpholine rings is 1. The van der Waals surface area contributed by atoms with Gasteiger partial charge in [-0.1, -0.05) is 17.7 Å². The highest BCUT2D eigenvalue weighted by atomic mass is 16.6. The van der Waals surface area contributed by atoms with Crippen LogP contribution >= 0.6 is 0 Å². The van der Waals surface area contributed by atoms with Crippen LogP contribution in [0, 0.1) is 6.92 Å². The minimum absolute atomic E-state index is 0.0590. The van der Waals surface area contributed by atoms with E-state index in [1.807, 2.05) is 38.1 Å². The molecule has 0 radical (unpaired) electrons. The Morgan fingerprint density at radius 1 is 1.29 bits per heavy atom. The van der Waals surface area contributed by atoms with E-state index >= 15 is 0 Å². The summed E-state index contributed by atoms with van der Waals surface area (Å²) >= 11 is 0. The highest BCUT2D eigenvalue weighted by Crippen LogP contribution is 2.11. The zero-order valence-electron chi connectivity index (χ0n) is 12.7. The van der Waals surface area contributed by atoms with Crippen LogP contribution in [-0.2, 0) is 14.3 Å². The van der Waals surface area contributed by atoms with Gasteiger partial charge in [-0.15, -0.1) is 0 Å². The molecule has 1 saturated heterocycles. The van der Waals surface area contributed by atoms with Crippen molar-refractivity contribution >= 4 is 5.97 Å². The van der Waals surface area contributed by atoms with E-state index in [0.717, 1.165) is 38.4 Å². The van der Waals surface area contributed by atoms with Crippen molar-refractivity contribution in [3.8, 4) is 5.75 Å². The number of carbonyl (C=O) groups is 1. The van der Waals surface area contributed by atoms with Crippen molar-refractivity contribution in [2.24, 2.45) is 0 Å². The van der Waals surface area contributed by atoms with Crippen LogP contribution in [0.3, 0.4) is 0 Å². The summed E-state index contributed by atoms with van der Waals surface area (Å²) in [6.07, 6.45) is -0.141. The van der Waals surface area contributed by atoms with Crippen LogP contribution in [0.15, 0.2) is 24.3 Å². The number of ether oxygens (including phenoxy) is 3. The zero-order chi connectivity index (χ0) is 15.1. The molecule has 2 rings (SSSR count). The third-order valence-electron chi connectivity index (χ3n) is 3.33. The molecule has 0 N–H and O–H groups in total. The number of hydrogen-bond donors (Lipinski definition) is 0. The second-order valence-corrected chi connectivity index (χ2v) is 5.32. The Labute approximate surface area is 125 Å². The van der Waals surface area contributed by atoms with Gasteiger partial charge in [-0.2, -0.15) is 0 Å². The van der Waals surface area contributed by atoms with Gasteiger partial charge in [0.1, 0.15) is 11.9 Å². The smallest absolute Gasteiger partial charge is 0.344 e. The maximum Gasteiger partial charge on any atom is 0.344 e. The van der Waals surface area contributed by atoms with Crippen molar-refractivity contribution in [1.82, 2.24) is 4.90 Å². The van der Waals surface area contributed by atoms with Crippen molar-refractivity contribution in [2.45, 2.75) is 20.0 Å². The van der Waals surface area contributed by atoms with Crippen LogP contribution in [0.4, 0.5) is 0 Å². The molecule has 0 saturated carbocycles. The van der Waals surface area contributed by atoms with Gasteiger partial charge in [-0.25, -0.2) is 4.79 Å². The molecule has 1 atom stereocenters. The van der Waals surface area contributed by atoms with Crippen LogP contribution < -0.4 is 4.74 Å². The van der Waals surface area contributed by atoms with Crippen molar-refractivity contribution in [1.29, 1.82) is 0 Å². The molecule has 0 amide bonds. The number of benzene rings is 1. The fourth-order valence-corrected chi connectivity index (χ4v) is 2.22.